The second-order valence-corrected chi connectivity index (χ2v) is 11.2. The van der Waals surface area contributed by atoms with Crippen LogP contribution in [0.15, 0.2) is 24.3 Å². The zero-order valence-corrected chi connectivity index (χ0v) is 21.8. The van der Waals surface area contributed by atoms with Gasteiger partial charge < -0.3 is 4.74 Å². The Labute approximate surface area is 213 Å². The van der Waals surface area contributed by atoms with Crippen LogP contribution < -0.4 is 4.74 Å². The highest BCUT2D eigenvalue weighted by Gasteiger charge is 2.31. The third-order valence-electron chi connectivity index (χ3n) is 8.50. The number of halogens is 4. The van der Waals surface area contributed by atoms with Gasteiger partial charge in [-0.2, -0.15) is 4.39 Å². The van der Waals surface area contributed by atoms with Crippen LogP contribution in [-0.2, 0) is 0 Å². The highest BCUT2D eigenvalue weighted by Crippen LogP contribution is 2.43. The van der Waals surface area contributed by atoms with Gasteiger partial charge >= 0.3 is 0 Å². The molecule has 0 heterocycles. The maximum atomic E-state index is 14.8. The van der Waals surface area contributed by atoms with E-state index in [0.29, 0.717) is 18.1 Å². The highest BCUT2D eigenvalue weighted by atomic mass is 35.5. The Kier molecular flexibility index (Phi) is 9.07. The molecule has 1 nitrogen and oxygen atoms in total. The molecule has 0 N–H and O–H groups in total. The fourth-order valence-corrected chi connectivity index (χ4v) is 6.49. The Hall–Kier alpha value is -1.68. The van der Waals surface area contributed by atoms with E-state index >= 15 is 0 Å². The molecule has 2 fully saturated rings. The lowest BCUT2D eigenvalue weighted by Crippen LogP contribution is -2.27. The van der Waals surface area contributed by atoms with Crippen molar-refractivity contribution in [1.29, 1.82) is 0 Å². The van der Waals surface area contributed by atoms with Crippen LogP contribution in [0.3, 0.4) is 0 Å². The fraction of sp³-hybridized carbons (Fsp3) is 0.600. The molecule has 0 radical (unpaired) electrons. The van der Waals surface area contributed by atoms with Crippen LogP contribution in [0, 0.1) is 48.0 Å². The lowest BCUT2D eigenvalue weighted by molar-refractivity contribution is 0.120. The first-order valence-electron chi connectivity index (χ1n) is 13.4. The molecule has 0 aliphatic heterocycles. The average molecular weight is 507 g/mol. The van der Waals surface area contributed by atoms with Crippen LogP contribution in [0.4, 0.5) is 13.2 Å². The third-order valence-corrected chi connectivity index (χ3v) is 8.87. The summed E-state index contributed by atoms with van der Waals surface area (Å²) >= 11 is 6.06. The quantitative estimate of drug-likeness (QED) is 0.346. The Morgan fingerprint density at radius 1 is 0.771 bits per heavy atom. The van der Waals surface area contributed by atoms with E-state index in [1.165, 1.54) is 82.1 Å². The standard InChI is InChI=1S/C30H38ClF3O/c1-3-4-5-20-7-11-22(12-8-20)23-13-9-21(10-14-23)18-35-26-17-16-25(29(33)30(26)34)24-15-6-19(2)28(32)27(24)31/h6,15-17,20-23H,3-5,7-14,18H2,1-2H3. The van der Waals surface area contributed by atoms with Crippen molar-refractivity contribution in [2.45, 2.75) is 84.5 Å². The molecule has 0 amide bonds. The smallest absolute Gasteiger partial charge is 0.201 e. The van der Waals surface area contributed by atoms with Gasteiger partial charge in [-0.3, -0.25) is 0 Å². The number of rotatable bonds is 8. The van der Waals surface area contributed by atoms with Gasteiger partial charge in [0.25, 0.3) is 0 Å². The van der Waals surface area contributed by atoms with Crippen LogP contribution >= 0.6 is 11.6 Å². The topological polar surface area (TPSA) is 9.23 Å². The predicted molar refractivity (Wildman–Crippen MR) is 137 cm³/mol. The van der Waals surface area contributed by atoms with Gasteiger partial charge in [-0.05, 0) is 86.8 Å². The molecule has 0 aromatic heterocycles. The van der Waals surface area contributed by atoms with Gasteiger partial charge in [0, 0.05) is 11.1 Å². The summed E-state index contributed by atoms with van der Waals surface area (Å²) in [4.78, 5) is 0. The Morgan fingerprint density at radius 3 is 2.00 bits per heavy atom. The van der Waals surface area contributed by atoms with Gasteiger partial charge in [0.05, 0.1) is 11.6 Å². The Balaban J connectivity index is 1.29. The van der Waals surface area contributed by atoms with E-state index in [0.717, 1.165) is 30.6 Å². The summed E-state index contributed by atoms with van der Waals surface area (Å²) in [5, 5.41) is -0.205. The van der Waals surface area contributed by atoms with Crippen LogP contribution in [0.5, 0.6) is 5.75 Å². The monoisotopic (exact) mass is 506 g/mol. The van der Waals surface area contributed by atoms with Crippen molar-refractivity contribution in [2.24, 2.45) is 23.7 Å². The molecular weight excluding hydrogens is 469 g/mol. The van der Waals surface area contributed by atoms with Crippen molar-refractivity contribution in [3.05, 3.63) is 52.3 Å². The van der Waals surface area contributed by atoms with Crippen molar-refractivity contribution >= 4 is 11.6 Å². The summed E-state index contributed by atoms with van der Waals surface area (Å²) in [5.41, 5.74) is 0.424. The largest absolute Gasteiger partial charge is 0.490 e. The summed E-state index contributed by atoms with van der Waals surface area (Å²) in [6, 6.07) is 5.85. The Bertz CT molecular complexity index is 992. The van der Waals surface area contributed by atoms with E-state index in [9.17, 15) is 13.2 Å². The number of aryl methyl sites for hydroxylation is 1. The first kappa shape index (κ1) is 26.4. The first-order valence-corrected chi connectivity index (χ1v) is 13.8. The maximum Gasteiger partial charge on any atom is 0.201 e. The van der Waals surface area contributed by atoms with Gasteiger partial charge in [0.2, 0.25) is 5.82 Å². The zero-order chi connectivity index (χ0) is 24.9. The average Bonchev–Trinajstić information content (AvgIpc) is 2.88. The lowest BCUT2D eigenvalue weighted by Gasteiger charge is -2.38. The third kappa shape index (κ3) is 6.18. The van der Waals surface area contributed by atoms with Gasteiger partial charge in [-0.1, -0.05) is 62.8 Å². The first-order chi connectivity index (χ1) is 16.9. The maximum absolute atomic E-state index is 14.8. The number of benzene rings is 2. The van der Waals surface area contributed by atoms with Crippen molar-refractivity contribution < 1.29 is 17.9 Å². The fourth-order valence-electron chi connectivity index (χ4n) is 6.18. The number of unbranched alkanes of at least 4 members (excludes halogenated alkanes) is 1. The lowest BCUT2D eigenvalue weighted by atomic mass is 9.69. The van der Waals surface area contributed by atoms with Gasteiger partial charge in [0.1, 0.15) is 5.82 Å². The van der Waals surface area contributed by atoms with E-state index in [1.807, 2.05) is 0 Å². The molecule has 5 heteroatoms. The minimum absolute atomic E-state index is 0.0660. The normalized spacial score (nSPS) is 25.0. The molecule has 35 heavy (non-hydrogen) atoms. The molecule has 2 aliphatic carbocycles. The van der Waals surface area contributed by atoms with Crippen molar-refractivity contribution in [3.63, 3.8) is 0 Å². The highest BCUT2D eigenvalue weighted by molar-refractivity contribution is 6.33. The van der Waals surface area contributed by atoms with Crippen LogP contribution in [0.25, 0.3) is 11.1 Å². The summed E-state index contributed by atoms with van der Waals surface area (Å²) in [5.74, 6) is 0.165. The summed E-state index contributed by atoms with van der Waals surface area (Å²) in [6.45, 7) is 4.24. The van der Waals surface area contributed by atoms with Crippen molar-refractivity contribution in [3.8, 4) is 16.9 Å². The molecule has 0 unspecified atom stereocenters. The molecule has 192 valence electrons. The van der Waals surface area contributed by atoms with E-state index < -0.39 is 17.5 Å². The zero-order valence-electron chi connectivity index (χ0n) is 21.0. The van der Waals surface area contributed by atoms with Gasteiger partial charge in [-0.25, -0.2) is 8.78 Å². The van der Waals surface area contributed by atoms with Gasteiger partial charge in [0.15, 0.2) is 11.6 Å². The number of hydrogen-bond acceptors (Lipinski definition) is 1. The van der Waals surface area contributed by atoms with E-state index in [2.05, 4.69) is 6.92 Å². The van der Waals surface area contributed by atoms with Crippen molar-refractivity contribution in [1.82, 2.24) is 0 Å². The van der Waals surface area contributed by atoms with Gasteiger partial charge in [-0.15, -0.1) is 0 Å². The van der Waals surface area contributed by atoms with E-state index in [-0.39, 0.29) is 21.9 Å². The van der Waals surface area contributed by atoms with Crippen LogP contribution in [-0.4, -0.2) is 6.61 Å². The Morgan fingerprint density at radius 2 is 1.37 bits per heavy atom. The van der Waals surface area contributed by atoms with Crippen LogP contribution in [0.1, 0.15) is 83.1 Å². The molecule has 4 rings (SSSR count). The summed E-state index contributed by atoms with van der Waals surface area (Å²) in [7, 11) is 0. The summed E-state index contributed by atoms with van der Waals surface area (Å²) < 4.78 is 49.5. The molecule has 0 bridgehead atoms. The van der Waals surface area contributed by atoms with Crippen LogP contribution in [0.2, 0.25) is 5.02 Å². The molecule has 2 saturated carbocycles. The number of hydrogen-bond donors (Lipinski definition) is 0. The predicted octanol–water partition coefficient (Wildman–Crippen LogP) is 9.91. The molecule has 2 aromatic carbocycles. The minimum atomic E-state index is -1.06. The number of ether oxygens (including phenoxy) is 1. The second-order valence-electron chi connectivity index (χ2n) is 10.8. The van der Waals surface area contributed by atoms with E-state index in [4.69, 9.17) is 16.3 Å². The minimum Gasteiger partial charge on any atom is -0.490 e. The molecule has 2 aliphatic rings. The molecule has 0 spiro atoms. The molecular formula is C30H38ClF3O. The second kappa shape index (κ2) is 12.0. The molecule has 0 atom stereocenters. The van der Waals surface area contributed by atoms with Crippen molar-refractivity contribution in [2.75, 3.05) is 6.61 Å². The molecule has 0 saturated heterocycles. The summed E-state index contributed by atoms with van der Waals surface area (Å²) in [6.07, 6.45) is 14.2. The SMILES string of the molecule is CCCCC1CCC(C2CCC(COc3ccc(-c4ccc(C)c(F)c4Cl)c(F)c3F)CC2)CC1. The molecule has 2 aromatic rings. The van der Waals surface area contributed by atoms with E-state index in [1.54, 1.807) is 6.92 Å².